The molecule has 2 aromatic rings. The van der Waals surface area contributed by atoms with E-state index in [1.807, 2.05) is 48.5 Å². The van der Waals surface area contributed by atoms with E-state index in [2.05, 4.69) is 11.8 Å². The van der Waals surface area contributed by atoms with Gasteiger partial charge >= 0.3 is 0 Å². The summed E-state index contributed by atoms with van der Waals surface area (Å²) in [5.41, 5.74) is 8.10. The van der Waals surface area contributed by atoms with Crippen LogP contribution in [0.2, 0.25) is 0 Å². The summed E-state index contributed by atoms with van der Waals surface area (Å²) in [6.45, 7) is 0.762. The molecule has 0 unspecified atom stereocenters. The van der Waals surface area contributed by atoms with Gasteiger partial charge in [-0.15, -0.1) is 0 Å². The molecular formula is C17H17NO2. The Labute approximate surface area is 119 Å². The van der Waals surface area contributed by atoms with Gasteiger partial charge in [-0.2, -0.15) is 0 Å². The molecule has 0 aromatic heterocycles. The topological polar surface area (TPSA) is 55.5 Å². The van der Waals surface area contributed by atoms with Crippen LogP contribution < -0.4 is 10.5 Å². The van der Waals surface area contributed by atoms with Crippen LogP contribution in [-0.4, -0.2) is 11.7 Å². The maximum absolute atomic E-state index is 9.25. The molecule has 0 atom stereocenters. The summed E-state index contributed by atoms with van der Waals surface area (Å²) in [4.78, 5) is 0. The van der Waals surface area contributed by atoms with Gasteiger partial charge in [-0.25, -0.2) is 0 Å². The van der Waals surface area contributed by atoms with Crippen LogP contribution in [0.4, 0.5) is 0 Å². The molecule has 0 bridgehead atoms. The van der Waals surface area contributed by atoms with Crippen molar-refractivity contribution in [1.82, 2.24) is 0 Å². The Morgan fingerprint density at radius 1 is 1.10 bits per heavy atom. The molecule has 0 radical (unpaired) electrons. The molecule has 0 saturated carbocycles. The smallest absolute Gasteiger partial charge is 0.125 e. The Hall–Kier alpha value is -2.28. The molecule has 0 aliphatic carbocycles. The zero-order valence-corrected chi connectivity index (χ0v) is 11.2. The highest BCUT2D eigenvalue weighted by Crippen LogP contribution is 2.19. The number of nitrogens with two attached hydrogens (primary N) is 1. The molecule has 102 valence electrons. The Kier molecular flexibility index (Phi) is 5.19. The fourth-order valence-electron chi connectivity index (χ4n) is 1.83. The SMILES string of the molecule is NCC#Cc1cccc(COc2ccccc2CO)c1. The van der Waals surface area contributed by atoms with Gasteiger partial charge in [-0.1, -0.05) is 42.2 Å². The average Bonchev–Trinajstić information content (AvgIpc) is 2.51. The lowest BCUT2D eigenvalue weighted by Gasteiger charge is -2.10. The number of benzene rings is 2. The quantitative estimate of drug-likeness (QED) is 0.834. The predicted molar refractivity (Wildman–Crippen MR) is 79.1 cm³/mol. The molecule has 0 saturated heterocycles. The van der Waals surface area contributed by atoms with E-state index in [4.69, 9.17) is 10.5 Å². The molecule has 20 heavy (non-hydrogen) atoms. The number of hydrogen-bond donors (Lipinski definition) is 2. The number of hydrogen-bond acceptors (Lipinski definition) is 3. The maximum atomic E-state index is 9.25. The van der Waals surface area contributed by atoms with E-state index in [0.717, 1.165) is 16.7 Å². The van der Waals surface area contributed by atoms with Gasteiger partial charge in [-0.3, -0.25) is 0 Å². The van der Waals surface area contributed by atoms with Crippen molar-refractivity contribution < 1.29 is 9.84 Å². The summed E-state index contributed by atoms with van der Waals surface area (Å²) < 4.78 is 5.74. The van der Waals surface area contributed by atoms with E-state index >= 15 is 0 Å². The molecule has 0 aliphatic rings. The summed E-state index contributed by atoms with van der Waals surface area (Å²) in [6, 6.07) is 15.3. The van der Waals surface area contributed by atoms with Gasteiger partial charge in [0, 0.05) is 11.1 Å². The number of para-hydroxylation sites is 1. The first-order valence-electron chi connectivity index (χ1n) is 6.43. The van der Waals surface area contributed by atoms with Gasteiger partial charge in [0.05, 0.1) is 13.2 Å². The molecular weight excluding hydrogens is 250 g/mol. The van der Waals surface area contributed by atoms with Crippen molar-refractivity contribution in [2.75, 3.05) is 6.54 Å². The molecule has 2 aromatic carbocycles. The summed E-state index contributed by atoms with van der Waals surface area (Å²) >= 11 is 0. The van der Waals surface area contributed by atoms with Gasteiger partial charge in [0.1, 0.15) is 12.4 Å². The van der Waals surface area contributed by atoms with Gasteiger partial charge < -0.3 is 15.6 Å². The van der Waals surface area contributed by atoms with Gasteiger partial charge in [-0.05, 0) is 23.8 Å². The summed E-state index contributed by atoms with van der Waals surface area (Å²) in [7, 11) is 0. The summed E-state index contributed by atoms with van der Waals surface area (Å²) in [6.07, 6.45) is 0. The van der Waals surface area contributed by atoms with E-state index in [1.54, 1.807) is 0 Å². The minimum Gasteiger partial charge on any atom is -0.489 e. The third kappa shape index (κ3) is 3.86. The molecule has 2 rings (SSSR count). The standard InChI is InChI=1S/C17H17NO2/c18-10-4-7-14-5-3-6-15(11-14)13-20-17-9-2-1-8-16(17)12-19/h1-3,5-6,8-9,11,19H,10,12-13,18H2. The molecule has 0 heterocycles. The second-order valence-electron chi connectivity index (χ2n) is 4.26. The van der Waals surface area contributed by atoms with Crippen LogP contribution in [0.1, 0.15) is 16.7 Å². The zero-order chi connectivity index (χ0) is 14.2. The van der Waals surface area contributed by atoms with Gasteiger partial charge in [0.15, 0.2) is 0 Å². The van der Waals surface area contributed by atoms with E-state index < -0.39 is 0 Å². The lowest BCUT2D eigenvalue weighted by molar-refractivity contribution is 0.259. The normalized spacial score (nSPS) is 9.70. The van der Waals surface area contributed by atoms with Crippen LogP contribution in [0.15, 0.2) is 48.5 Å². The Morgan fingerprint density at radius 2 is 1.95 bits per heavy atom. The molecule has 0 aliphatic heterocycles. The highest BCUT2D eigenvalue weighted by atomic mass is 16.5. The largest absolute Gasteiger partial charge is 0.489 e. The van der Waals surface area contributed by atoms with Gasteiger partial charge in [0.2, 0.25) is 0 Å². The van der Waals surface area contributed by atoms with Crippen molar-refractivity contribution in [3.63, 3.8) is 0 Å². The molecule has 0 fully saturated rings. The highest BCUT2D eigenvalue weighted by molar-refractivity contribution is 5.38. The van der Waals surface area contributed by atoms with Gasteiger partial charge in [0.25, 0.3) is 0 Å². The molecule has 3 N–H and O–H groups in total. The van der Waals surface area contributed by atoms with E-state index in [9.17, 15) is 5.11 Å². The van der Waals surface area contributed by atoms with Crippen LogP contribution in [-0.2, 0) is 13.2 Å². The van der Waals surface area contributed by atoms with Crippen molar-refractivity contribution in [3.05, 3.63) is 65.2 Å². The molecule has 3 nitrogen and oxygen atoms in total. The fourth-order valence-corrected chi connectivity index (χ4v) is 1.83. The van der Waals surface area contributed by atoms with Crippen molar-refractivity contribution in [3.8, 4) is 17.6 Å². The van der Waals surface area contributed by atoms with Crippen molar-refractivity contribution in [2.24, 2.45) is 5.73 Å². The Balaban J connectivity index is 2.07. The lowest BCUT2D eigenvalue weighted by atomic mass is 10.1. The minimum atomic E-state index is -0.0296. The zero-order valence-electron chi connectivity index (χ0n) is 11.2. The van der Waals surface area contributed by atoms with E-state index in [1.165, 1.54) is 0 Å². The summed E-state index contributed by atoms with van der Waals surface area (Å²) in [5, 5.41) is 9.25. The monoisotopic (exact) mass is 267 g/mol. The van der Waals surface area contributed by atoms with Crippen LogP contribution in [0.25, 0.3) is 0 Å². The van der Waals surface area contributed by atoms with Crippen LogP contribution in [0, 0.1) is 11.8 Å². The van der Waals surface area contributed by atoms with Crippen molar-refractivity contribution in [1.29, 1.82) is 0 Å². The van der Waals surface area contributed by atoms with Crippen LogP contribution in [0.3, 0.4) is 0 Å². The van der Waals surface area contributed by atoms with E-state index in [-0.39, 0.29) is 6.61 Å². The summed E-state index contributed by atoms with van der Waals surface area (Å²) in [5.74, 6) is 6.52. The lowest BCUT2D eigenvalue weighted by Crippen LogP contribution is -1.99. The molecule has 0 amide bonds. The van der Waals surface area contributed by atoms with Crippen LogP contribution in [0.5, 0.6) is 5.75 Å². The fraction of sp³-hybridized carbons (Fsp3) is 0.176. The van der Waals surface area contributed by atoms with E-state index in [0.29, 0.717) is 18.9 Å². The minimum absolute atomic E-state index is 0.0296. The number of aliphatic hydroxyl groups excluding tert-OH is 1. The third-order valence-electron chi connectivity index (χ3n) is 2.80. The Bertz CT molecular complexity index is 626. The predicted octanol–water partition coefficient (Wildman–Crippen LogP) is 2.07. The number of ether oxygens (including phenoxy) is 1. The first-order valence-corrected chi connectivity index (χ1v) is 6.43. The van der Waals surface area contributed by atoms with Crippen molar-refractivity contribution >= 4 is 0 Å². The molecule has 0 spiro atoms. The number of aliphatic hydroxyl groups is 1. The maximum Gasteiger partial charge on any atom is 0.125 e. The number of rotatable bonds is 4. The highest BCUT2D eigenvalue weighted by Gasteiger charge is 2.02. The van der Waals surface area contributed by atoms with Crippen LogP contribution >= 0.6 is 0 Å². The Morgan fingerprint density at radius 3 is 2.75 bits per heavy atom. The van der Waals surface area contributed by atoms with Crippen molar-refractivity contribution in [2.45, 2.75) is 13.2 Å². The molecule has 3 heteroatoms. The first kappa shape index (κ1) is 14.1. The second-order valence-corrected chi connectivity index (χ2v) is 4.26. The third-order valence-corrected chi connectivity index (χ3v) is 2.80. The second kappa shape index (κ2) is 7.34. The average molecular weight is 267 g/mol. The first-order chi connectivity index (χ1) is 9.83.